The summed E-state index contributed by atoms with van der Waals surface area (Å²) in [6.07, 6.45) is 0. The van der Waals surface area contributed by atoms with E-state index in [2.05, 4.69) is 42.8 Å². The lowest BCUT2D eigenvalue weighted by atomic mass is 9.98. The molecule has 2 aliphatic rings. The number of nitrogens with zero attached hydrogens (tertiary/aromatic N) is 2. The van der Waals surface area contributed by atoms with E-state index in [0.29, 0.717) is 17.2 Å². The Labute approximate surface area is 121 Å². The van der Waals surface area contributed by atoms with Gasteiger partial charge in [-0.25, -0.2) is 0 Å². The van der Waals surface area contributed by atoms with Gasteiger partial charge in [0.1, 0.15) is 0 Å². The van der Waals surface area contributed by atoms with Gasteiger partial charge in [0.25, 0.3) is 0 Å². The van der Waals surface area contributed by atoms with E-state index < -0.39 is 0 Å². The molecule has 2 aliphatic heterocycles. The van der Waals surface area contributed by atoms with E-state index in [4.69, 9.17) is 0 Å². The molecule has 2 rings (SSSR count). The highest BCUT2D eigenvalue weighted by Gasteiger charge is 2.41. The second-order valence-electron chi connectivity index (χ2n) is 6.11. The SMILES string of the molecule is CC1SCCN(C(=O)C(C)(C)N2CCNCC2)C1C. The molecule has 0 aromatic rings. The Hall–Kier alpha value is -0.260. The summed E-state index contributed by atoms with van der Waals surface area (Å²) in [5.41, 5.74) is -0.377. The smallest absolute Gasteiger partial charge is 0.242 e. The van der Waals surface area contributed by atoms with Crippen molar-refractivity contribution >= 4 is 17.7 Å². The summed E-state index contributed by atoms with van der Waals surface area (Å²) in [6, 6.07) is 0.341. The van der Waals surface area contributed by atoms with Crippen LogP contribution in [0.15, 0.2) is 0 Å². The van der Waals surface area contributed by atoms with Crippen molar-refractivity contribution in [3.8, 4) is 0 Å². The van der Waals surface area contributed by atoms with Gasteiger partial charge in [0.15, 0.2) is 0 Å². The van der Waals surface area contributed by atoms with Crippen molar-refractivity contribution in [3.63, 3.8) is 0 Å². The molecule has 0 bridgehead atoms. The molecule has 2 heterocycles. The molecular weight excluding hydrogens is 258 g/mol. The lowest BCUT2D eigenvalue weighted by Gasteiger charge is -2.46. The zero-order chi connectivity index (χ0) is 14.0. The molecule has 19 heavy (non-hydrogen) atoms. The average molecular weight is 285 g/mol. The number of hydrogen-bond donors (Lipinski definition) is 1. The van der Waals surface area contributed by atoms with Crippen LogP contribution in [0.25, 0.3) is 0 Å². The number of amides is 1. The van der Waals surface area contributed by atoms with Crippen molar-refractivity contribution in [1.82, 2.24) is 15.1 Å². The van der Waals surface area contributed by atoms with Crippen molar-refractivity contribution in [2.24, 2.45) is 0 Å². The monoisotopic (exact) mass is 285 g/mol. The third-order valence-electron chi connectivity index (χ3n) is 4.58. The van der Waals surface area contributed by atoms with Gasteiger partial charge in [0.05, 0.1) is 5.54 Å². The van der Waals surface area contributed by atoms with Crippen LogP contribution in [0.4, 0.5) is 0 Å². The fourth-order valence-corrected chi connectivity index (χ4v) is 4.03. The third-order valence-corrected chi connectivity index (χ3v) is 5.91. The van der Waals surface area contributed by atoms with Crippen LogP contribution in [0.1, 0.15) is 27.7 Å². The summed E-state index contributed by atoms with van der Waals surface area (Å²) >= 11 is 1.98. The lowest BCUT2D eigenvalue weighted by molar-refractivity contribution is -0.145. The molecule has 5 heteroatoms. The number of carbonyl (C=O) groups is 1. The van der Waals surface area contributed by atoms with Crippen molar-refractivity contribution in [2.75, 3.05) is 38.5 Å². The fourth-order valence-electron chi connectivity index (χ4n) is 2.93. The van der Waals surface area contributed by atoms with E-state index in [1.165, 1.54) is 0 Å². The topological polar surface area (TPSA) is 35.6 Å². The summed E-state index contributed by atoms with van der Waals surface area (Å²) in [4.78, 5) is 17.4. The molecule has 0 radical (unpaired) electrons. The number of carbonyl (C=O) groups excluding carboxylic acids is 1. The van der Waals surface area contributed by atoms with E-state index in [1.807, 2.05) is 11.8 Å². The lowest BCUT2D eigenvalue weighted by Crippen LogP contribution is -2.63. The van der Waals surface area contributed by atoms with Crippen LogP contribution in [-0.2, 0) is 4.79 Å². The molecular formula is C14H27N3OS. The van der Waals surface area contributed by atoms with Gasteiger partial charge in [-0.3, -0.25) is 9.69 Å². The highest BCUT2D eigenvalue weighted by Crippen LogP contribution is 2.28. The largest absolute Gasteiger partial charge is 0.336 e. The van der Waals surface area contributed by atoms with Crippen LogP contribution in [-0.4, -0.2) is 71.0 Å². The predicted molar refractivity (Wildman–Crippen MR) is 81.6 cm³/mol. The van der Waals surface area contributed by atoms with Gasteiger partial charge < -0.3 is 10.2 Å². The highest BCUT2D eigenvalue weighted by atomic mass is 32.2. The Morgan fingerprint density at radius 3 is 2.47 bits per heavy atom. The molecule has 110 valence electrons. The van der Waals surface area contributed by atoms with E-state index in [9.17, 15) is 4.79 Å². The molecule has 0 aromatic heterocycles. The maximum absolute atomic E-state index is 12.9. The van der Waals surface area contributed by atoms with Crippen LogP contribution in [0, 0.1) is 0 Å². The van der Waals surface area contributed by atoms with Crippen molar-refractivity contribution in [2.45, 2.75) is 44.5 Å². The van der Waals surface area contributed by atoms with Crippen LogP contribution < -0.4 is 5.32 Å². The zero-order valence-corrected chi connectivity index (χ0v) is 13.4. The molecule has 2 unspecified atom stereocenters. The number of hydrogen-bond acceptors (Lipinski definition) is 4. The minimum absolute atomic E-state index is 0.300. The summed E-state index contributed by atoms with van der Waals surface area (Å²) in [5, 5.41) is 3.89. The van der Waals surface area contributed by atoms with E-state index in [-0.39, 0.29) is 5.54 Å². The van der Waals surface area contributed by atoms with E-state index in [1.54, 1.807) is 0 Å². The fraction of sp³-hybridized carbons (Fsp3) is 0.929. The second kappa shape index (κ2) is 6.02. The number of nitrogens with one attached hydrogen (secondary N) is 1. The van der Waals surface area contributed by atoms with Crippen LogP contribution >= 0.6 is 11.8 Å². The molecule has 1 N–H and O–H groups in total. The first-order chi connectivity index (χ1) is 8.94. The molecule has 1 amide bonds. The van der Waals surface area contributed by atoms with E-state index >= 15 is 0 Å². The Kier molecular flexibility index (Phi) is 4.79. The first kappa shape index (κ1) is 15.1. The number of rotatable bonds is 2. The predicted octanol–water partition coefficient (Wildman–Crippen LogP) is 1.02. The molecule has 0 saturated carbocycles. The van der Waals surface area contributed by atoms with Gasteiger partial charge in [0.2, 0.25) is 5.91 Å². The normalized spacial score (nSPS) is 30.4. The summed E-state index contributed by atoms with van der Waals surface area (Å²) in [7, 11) is 0. The summed E-state index contributed by atoms with van der Waals surface area (Å²) in [5.74, 6) is 1.36. The second-order valence-corrected chi connectivity index (χ2v) is 7.60. The van der Waals surface area contributed by atoms with Gasteiger partial charge >= 0.3 is 0 Å². The first-order valence-electron chi connectivity index (χ1n) is 7.33. The molecule has 2 saturated heterocycles. The minimum Gasteiger partial charge on any atom is -0.336 e. The quantitative estimate of drug-likeness (QED) is 0.822. The molecule has 0 aliphatic carbocycles. The zero-order valence-electron chi connectivity index (χ0n) is 12.6. The van der Waals surface area contributed by atoms with Crippen LogP contribution in [0.3, 0.4) is 0 Å². The Bertz CT molecular complexity index is 329. The van der Waals surface area contributed by atoms with Gasteiger partial charge in [-0.05, 0) is 20.8 Å². The van der Waals surface area contributed by atoms with Gasteiger partial charge in [-0.2, -0.15) is 11.8 Å². The first-order valence-corrected chi connectivity index (χ1v) is 8.38. The third kappa shape index (κ3) is 3.09. The molecule has 4 nitrogen and oxygen atoms in total. The maximum atomic E-state index is 12.9. The molecule has 2 fully saturated rings. The number of thioether (sulfide) groups is 1. The van der Waals surface area contributed by atoms with Gasteiger partial charge in [-0.1, -0.05) is 6.92 Å². The van der Waals surface area contributed by atoms with E-state index in [0.717, 1.165) is 38.5 Å². The van der Waals surface area contributed by atoms with Crippen LogP contribution in [0.2, 0.25) is 0 Å². The summed E-state index contributed by atoms with van der Waals surface area (Å²) in [6.45, 7) is 13.4. The average Bonchev–Trinajstić information content (AvgIpc) is 2.42. The Morgan fingerprint density at radius 1 is 1.21 bits per heavy atom. The van der Waals surface area contributed by atoms with Crippen molar-refractivity contribution in [3.05, 3.63) is 0 Å². The number of piperazine rings is 1. The van der Waals surface area contributed by atoms with Crippen molar-refractivity contribution < 1.29 is 4.79 Å². The molecule has 0 aromatic carbocycles. The maximum Gasteiger partial charge on any atom is 0.242 e. The Morgan fingerprint density at radius 2 is 1.84 bits per heavy atom. The van der Waals surface area contributed by atoms with Gasteiger partial charge in [0, 0.05) is 49.8 Å². The van der Waals surface area contributed by atoms with Crippen molar-refractivity contribution in [1.29, 1.82) is 0 Å². The summed E-state index contributed by atoms with van der Waals surface area (Å²) < 4.78 is 0. The highest BCUT2D eigenvalue weighted by molar-refractivity contribution is 8.00. The minimum atomic E-state index is -0.377. The van der Waals surface area contributed by atoms with Gasteiger partial charge in [-0.15, -0.1) is 0 Å². The Balaban J connectivity index is 2.08. The standard InChI is InChI=1S/C14H27N3OS/c1-11-12(2)19-10-9-17(11)13(18)14(3,4)16-7-5-15-6-8-16/h11-12,15H,5-10H2,1-4H3. The van der Waals surface area contributed by atoms with Crippen LogP contribution in [0.5, 0.6) is 0 Å². The molecule has 0 spiro atoms. The molecule has 2 atom stereocenters.